The minimum Gasteiger partial charge on any atom is -0.508 e. The van der Waals surface area contributed by atoms with Crippen LogP contribution in [0.2, 0.25) is 0 Å². The number of rotatable bonds is 4. The van der Waals surface area contributed by atoms with Gasteiger partial charge < -0.3 is 15.2 Å². The van der Waals surface area contributed by atoms with Crippen molar-refractivity contribution in [2.45, 2.75) is 26.8 Å². The van der Waals surface area contributed by atoms with Crippen LogP contribution in [0.25, 0.3) is 0 Å². The van der Waals surface area contributed by atoms with Crippen LogP contribution >= 0.6 is 0 Å². The monoisotopic (exact) mass is 271 g/mol. The van der Waals surface area contributed by atoms with Gasteiger partial charge in [-0.15, -0.1) is 0 Å². The molecule has 0 saturated carbocycles. The Balaban J connectivity index is 2.23. The van der Waals surface area contributed by atoms with Crippen LogP contribution in [-0.4, -0.2) is 12.2 Å². The Morgan fingerprint density at radius 2 is 1.85 bits per heavy atom. The lowest BCUT2D eigenvalue weighted by molar-refractivity contribution is 0.414. The summed E-state index contributed by atoms with van der Waals surface area (Å²) in [5, 5.41) is 13.2. The summed E-state index contributed by atoms with van der Waals surface area (Å²) in [4.78, 5) is 0. The standard InChI is InChI=1S/C17H21NO2/c1-11-9-17(19)12(2)8-16(11)18-13(3)14-6-5-7-15(10-14)20-4/h5-10,13,18-19H,1-4H3. The number of aryl methyl sites for hydroxylation is 2. The van der Waals surface area contributed by atoms with Crippen LogP contribution in [-0.2, 0) is 0 Å². The predicted molar refractivity (Wildman–Crippen MR) is 82.6 cm³/mol. The second kappa shape index (κ2) is 5.87. The van der Waals surface area contributed by atoms with Crippen molar-refractivity contribution in [3.63, 3.8) is 0 Å². The lowest BCUT2D eigenvalue weighted by Crippen LogP contribution is -2.08. The number of phenolic OH excluding ortho intramolecular Hbond substituents is 1. The van der Waals surface area contributed by atoms with Gasteiger partial charge in [0.2, 0.25) is 0 Å². The molecule has 0 aliphatic carbocycles. The fourth-order valence-electron chi connectivity index (χ4n) is 2.18. The summed E-state index contributed by atoms with van der Waals surface area (Å²) in [6, 6.07) is 11.9. The zero-order valence-corrected chi connectivity index (χ0v) is 12.4. The van der Waals surface area contributed by atoms with Gasteiger partial charge in [-0.25, -0.2) is 0 Å². The summed E-state index contributed by atoms with van der Waals surface area (Å²) in [6.45, 7) is 5.99. The van der Waals surface area contributed by atoms with Crippen molar-refractivity contribution >= 4 is 5.69 Å². The number of hydrogen-bond acceptors (Lipinski definition) is 3. The van der Waals surface area contributed by atoms with Gasteiger partial charge in [0.05, 0.1) is 7.11 Å². The normalized spacial score (nSPS) is 12.0. The highest BCUT2D eigenvalue weighted by Crippen LogP contribution is 2.28. The first kappa shape index (κ1) is 14.3. The van der Waals surface area contributed by atoms with E-state index in [1.807, 2.05) is 38.1 Å². The first-order valence-corrected chi connectivity index (χ1v) is 6.72. The Morgan fingerprint density at radius 3 is 2.55 bits per heavy atom. The van der Waals surface area contributed by atoms with E-state index in [1.54, 1.807) is 13.2 Å². The second-order valence-electron chi connectivity index (χ2n) is 5.10. The molecule has 0 amide bonds. The van der Waals surface area contributed by atoms with Crippen LogP contribution in [0.3, 0.4) is 0 Å². The van der Waals surface area contributed by atoms with Gasteiger partial charge in [0.1, 0.15) is 11.5 Å². The van der Waals surface area contributed by atoms with Crippen molar-refractivity contribution in [1.82, 2.24) is 0 Å². The minimum atomic E-state index is 0.160. The predicted octanol–water partition coefficient (Wildman–Crippen LogP) is 4.19. The van der Waals surface area contributed by atoms with Crippen LogP contribution in [0.5, 0.6) is 11.5 Å². The second-order valence-corrected chi connectivity index (χ2v) is 5.10. The molecular weight excluding hydrogens is 250 g/mol. The molecule has 106 valence electrons. The smallest absolute Gasteiger partial charge is 0.119 e. The first-order valence-electron chi connectivity index (χ1n) is 6.72. The quantitative estimate of drug-likeness (QED) is 0.819. The number of anilines is 1. The molecule has 0 fully saturated rings. The summed E-state index contributed by atoms with van der Waals surface area (Å²) >= 11 is 0. The highest BCUT2D eigenvalue weighted by atomic mass is 16.5. The maximum absolute atomic E-state index is 9.70. The molecule has 0 aromatic heterocycles. The average molecular weight is 271 g/mol. The van der Waals surface area contributed by atoms with Crippen LogP contribution in [0.1, 0.15) is 29.7 Å². The Labute approximate surface area is 120 Å². The fourth-order valence-corrected chi connectivity index (χ4v) is 2.18. The van der Waals surface area contributed by atoms with Crippen molar-refractivity contribution in [2.75, 3.05) is 12.4 Å². The third-order valence-corrected chi connectivity index (χ3v) is 3.51. The molecule has 0 bridgehead atoms. The number of nitrogens with one attached hydrogen (secondary N) is 1. The molecule has 3 heteroatoms. The van der Waals surface area contributed by atoms with Gasteiger partial charge in [-0.05, 0) is 61.7 Å². The number of ether oxygens (including phenoxy) is 1. The highest BCUT2D eigenvalue weighted by molar-refractivity contribution is 5.57. The van der Waals surface area contributed by atoms with E-state index in [4.69, 9.17) is 4.74 Å². The maximum atomic E-state index is 9.70. The third-order valence-electron chi connectivity index (χ3n) is 3.51. The van der Waals surface area contributed by atoms with Gasteiger partial charge >= 0.3 is 0 Å². The maximum Gasteiger partial charge on any atom is 0.119 e. The Kier molecular flexibility index (Phi) is 4.18. The summed E-state index contributed by atoms with van der Waals surface area (Å²) in [5.74, 6) is 1.19. The molecule has 0 spiro atoms. The molecule has 20 heavy (non-hydrogen) atoms. The number of benzene rings is 2. The van der Waals surface area contributed by atoms with Crippen LogP contribution in [0.4, 0.5) is 5.69 Å². The van der Waals surface area contributed by atoms with E-state index in [-0.39, 0.29) is 6.04 Å². The number of aromatic hydroxyl groups is 1. The van der Waals surface area contributed by atoms with E-state index in [2.05, 4.69) is 18.3 Å². The van der Waals surface area contributed by atoms with Crippen molar-refractivity contribution in [2.24, 2.45) is 0 Å². The summed E-state index contributed by atoms with van der Waals surface area (Å²) in [7, 11) is 1.67. The molecule has 0 aliphatic heterocycles. The van der Waals surface area contributed by atoms with Gasteiger partial charge in [-0.1, -0.05) is 12.1 Å². The SMILES string of the molecule is COc1cccc(C(C)Nc2cc(C)c(O)cc2C)c1. The average Bonchev–Trinajstić information content (AvgIpc) is 2.44. The number of hydrogen-bond donors (Lipinski definition) is 2. The van der Waals surface area contributed by atoms with Crippen molar-refractivity contribution in [3.8, 4) is 11.5 Å². The molecule has 0 saturated heterocycles. The zero-order chi connectivity index (χ0) is 14.7. The van der Waals surface area contributed by atoms with E-state index >= 15 is 0 Å². The molecular formula is C17H21NO2. The van der Waals surface area contributed by atoms with Gasteiger partial charge in [0.15, 0.2) is 0 Å². The lowest BCUT2D eigenvalue weighted by Gasteiger charge is -2.19. The van der Waals surface area contributed by atoms with Crippen LogP contribution < -0.4 is 10.1 Å². The Hall–Kier alpha value is -2.16. The molecule has 2 aromatic rings. The topological polar surface area (TPSA) is 41.5 Å². The summed E-state index contributed by atoms with van der Waals surface area (Å²) in [6.07, 6.45) is 0. The molecule has 1 atom stereocenters. The van der Waals surface area contributed by atoms with E-state index in [1.165, 1.54) is 0 Å². The largest absolute Gasteiger partial charge is 0.508 e. The van der Waals surface area contributed by atoms with E-state index < -0.39 is 0 Å². The van der Waals surface area contributed by atoms with Crippen molar-refractivity contribution < 1.29 is 9.84 Å². The molecule has 2 N–H and O–H groups in total. The van der Waals surface area contributed by atoms with E-state index in [0.29, 0.717) is 5.75 Å². The van der Waals surface area contributed by atoms with Gasteiger partial charge in [0, 0.05) is 11.7 Å². The van der Waals surface area contributed by atoms with Crippen molar-refractivity contribution in [1.29, 1.82) is 0 Å². The fraction of sp³-hybridized carbons (Fsp3) is 0.294. The van der Waals surface area contributed by atoms with Gasteiger partial charge in [-0.2, -0.15) is 0 Å². The third kappa shape index (κ3) is 3.05. The summed E-state index contributed by atoms with van der Waals surface area (Å²) in [5.41, 5.74) is 4.10. The number of phenols is 1. The van der Waals surface area contributed by atoms with Crippen LogP contribution in [0, 0.1) is 13.8 Å². The Bertz CT molecular complexity index is 608. The van der Waals surface area contributed by atoms with E-state index in [9.17, 15) is 5.11 Å². The van der Waals surface area contributed by atoms with E-state index in [0.717, 1.165) is 28.1 Å². The minimum absolute atomic E-state index is 0.160. The molecule has 2 rings (SSSR count). The van der Waals surface area contributed by atoms with Gasteiger partial charge in [-0.3, -0.25) is 0 Å². The molecule has 1 unspecified atom stereocenters. The number of methoxy groups -OCH3 is 1. The molecule has 0 radical (unpaired) electrons. The van der Waals surface area contributed by atoms with Gasteiger partial charge in [0.25, 0.3) is 0 Å². The first-order chi connectivity index (χ1) is 9.51. The molecule has 2 aromatic carbocycles. The molecule has 3 nitrogen and oxygen atoms in total. The Morgan fingerprint density at radius 1 is 1.10 bits per heavy atom. The van der Waals surface area contributed by atoms with Crippen LogP contribution in [0.15, 0.2) is 36.4 Å². The lowest BCUT2D eigenvalue weighted by atomic mass is 10.1. The molecule has 0 heterocycles. The molecule has 0 aliphatic rings. The van der Waals surface area contributed by atoms with Crippen molar-refractivity contribution in [3.05, 3.63) is 53.1 Å². The highest BCUT2D eigenvalue weighted by Gasteiger charge is 2.09. The summed E-state index contributed by atoms with van der Waals surface area (Å²) < 4.78 is 5.25. The zero-order valence-electron chi connectivity index (χ0n) is 12.4.